The highest BCUT2D eigenvalue weighted by atomic mass is 16.7. The fourth-order valence-corrected chi connectivity index (χ4v) is 1.24. The van der Waals surface area contributed by atoms with Gasteiger partial charge in [0.15, 0.2) is 5.79 Å². The number of ether oxygens (including phenoxy) is 3. The van der Waals surface area contributed by atoms with Crippen LogP contribution in [0.4, 0.5) is 0 Å². The van der Waals surface area contributed by atoms with E-state index in [-0.39, 0.29) is 18.2 Å². The van der Waals surface area contributed by atoms with Gasteiger partial charge in [-0.25, -0.2) is 0 Å². The summed E-state index contributed by atoms with van der Waals surface area (Å²) in [7, 11) is -1.53. The van der Waals surface area contributed by atoms with Gasteiger partial charge in [0.2, 0.25) is 0 Å². The molecule has 0 saturated carbocycles. The van der Waals surface area contributed by atoms with Crippen molar-refractivity contribution in [3.05, 3.63) is 12.1 Å². The molecule has 0 aromatic heterocycles. The molecule has 1 fully saturated rings. The van der Waals surface area contributed by atoms with E-state index in [9.17, 15) is 0 Å². The smallest absolute Gasteiger partial charge is 0.423 e. The lowest BCUT2D eigenvalue weighted by atomic mass is 9.81. The van der Waals surface area contributed by atoms with Crippen molar-refractivity contribution in [1.82, 2.24) is 0 Å². The molecule has 0 aliphatic carbocycles. The molecular formula is C9H17BO5. The Hall–Kier alpha value is -0.395. The van der Waals surface area contributed by atoms with Crippen LogP contribution in [0.1, 0.15) is 13.8 Å². The lowest BCUT2D eigenvalue weighted by Gasteiger charge is -2.17. The van der Waals surface area contributed by atoms with Gasteiger partial charge in [-0.1, -0.05) is 0 Å². The van der Waals surface area contributed by atoms with Crippen molar-refractivity contribution in [3.63, 3.8) is 0 Å². The van der Waals surface area contributed by atoms with Crippen LogP contribution >= 0.6 is 0 Å². The molecule has 1 aliphatic rings. The zero-order valence-corrected chi connectivity index (χ0v) is 9.10. The molecule has 0 spiro atoms. The van der Waals surface area contributed by atoms with E-state index in [0.29, 0.717) is 13.2 Å². The average molecular weight is 216 g/mol. The van der Waals surface area contributed by atoms with Gasteiger partial charge < -0.3 is 24.3 Å². The van der Waals surface area contributed by atoms with Crippen molar-refractivity contribution in [2.75, 3.05) is 19.8 Å². The third-order valence-electron chi connectivity index (χ3n) is 2.02. The molecule has 1 unspecified atom stereocenters. The van der Waals surface area contributed by atoms with Gasteiger partial charge in [-0.3, -0.25) is 0 Å². The Kier molecular flexibility index (Phi) is 4.30. The molecule has 6 heteroatoms. The van der Waals surface area contributed by atoms with Crippen molar-refractivity contribution in [2.24, 2.45) is 0 Å². The molecule has 15 heavy (non-hydrogen) atoms. The monoisotopic (exact) mass is 216 g/mol. The normalized spacial score (nSPS) is 24.1. The van der Waals surface area contributed by atoms with E-state index < -0.39 is 12.9 Å². The minimum absolute atomic E-state index is 0.108. The van der Waals surface area contributed by atoms with E-state index in [1.807, 2.05) is 13.8 Å². The van der Waals surface area contributed by atoms with Crippen LogP contribution < -0.4 is 0 Å². The lowest BCUT2D eigenvalue weighted by molar-refractivity contribution is -0.144. The van der Waals surface area contributed by atoms with Gasteiger partial charge in [0.1, 0.15) is 6.10 Å². The topological polar surface area (TPSA) is 68.2 Å². The lowest BCUT2D eigenvalue weighted by Crippen LogP contribution is -2.25. The van der Waals surface area contributed by atoms with Crippen LogP contribution in [0.15, 0.2) is 12.1 Å². The second kappa shape index (κ2) is 5.09. The van der Waals surface area contributed by atoms with Crippen molar-refractivity contribution >= 4 is 7.12 Å². The highest BCUT2D eigenvalue weighted by molar-refractivity contribution is 6.50. The molecule has 86 valence electrons. The second-order valence-corrected chi connectivity index (χ2v) is 4.00. The molecule has 1 heterocycles. The average Bonchev–Trinajstić information content (AvgIpc) is 2.45. The number of hydrogen-bond acceptors (Lipinski definition) is 5. The zero-order chi connectivity index (χ0) is 11.5. The third-order valence-corrected chi connectivity index (χ3v) is 2.02. The Balaban J connectivity index is 2.14. The van der Waals surface area contributed by atoms with Crippen LogP contribution in [0.25, 0.3) is 0 Å². The van der Waals surface area contributed by atoms with E-state index in [1.54, 1.807) is 0 Å². The van der Waals surface area contributed by atoms with E-state index in [4.69, 9.17) is 24.3 Å². The summed E-state index contributed by atoms with van der Waals surface area (Å²) in [6.45, 7) is 8.08. The molecule has 0 radical (unpaired) electrons. The van der Waals surface area contributed by atoms with E-state index in [0.717, 1.165) is 0 Å². The summed E-state index contributed by atoms with van der Waals surface area (Å²) in [6, 6.07) is 0. The minimum atomic E-state index is -1.53. The van der Waals surface area contributed by atoms with E-state index in [2.05, 4.69) is 6.58 Å². The summed E-state index contributed by atoms with van der Waals surface area (Å²) < 4.78 is 16.0. The summed E-state index contributed by atoms with van der Waals surface area (Å²) >= 11 is 0. The molecule has 0 amide bonds. The first-order valence-corrected chi connectivity index (χ1v) is 4.84. The zero-order valence-electron chi connectivity index (χ0n) is 9.10. The molecule has 1 saturated heterocycles. The Morgan fingerprint density at radius 3 is 2.73 bits per heavy atom. The predicted octanol–water partition coefficient (Wildman–Crippen LogP) is -0.277. The summed E-state index contributed by atoms with van der Waals surface area (Å²) in [6.07, 6.45) is -0.108. The number of rotatable bonds is 5. The maximum absolute atomic E-state index is 8.72. The molecule has 0 aromatic carbocycles. The predicted molar refractivity (Wildman–Crippen MR) is 55.1 cm³/mol. The molecule has 2 N–H and O–H groups in total. The van der Waals surface area contributed by atoms with Crippen LogP contribution in [-0.2, 0) is 14.2 Å². The van der Waals surface area contributed by atoms with Crippen LogP contribution in [0, 0.1) is 0 Å². The molecule has 1 atom stereocenters. The third kappa shape index (κ3) is 4.32. The molecule has 1 aliphatic heterocycles. The van der Waals surface area contributed by atoms with Gasteiger partial charge in [0, 0.05) is 0 Å². The van der Waals surface area contributed by atoms with Gasteiger partial charge in [-0.2, -0.15) is 0 Å². The number of hydrogen-bond donors (Lipinski definition) is 2. The molecule has 5 nitrogen and oxygen atoms in total. The van der Waals surface area contributed by atoms with Crippen molar-refractivity contribution in [3.8, 4) is 0 Å². The maximum atomic E-state index is 8.72. The van der Waals surface area contributed by atoms with Gasteiger partial charge in [0.05, 0.1) is 19.8 Å². The summed E-state index contributed by atoms with van der Waals surface area (Å²) in [5, 5.41) is 17.4. The fraction of sp³-hybridized carbons (Fsp3) is 0.778. The maximum Gasteiger partial charge on any atom is 0.485 e. The van der Waals surface area contributed by atoms with Gasteiger partial charge in [-0.15, -0.1) is 6.58 Å². The Labute approximate surface area is 89.8 Å². The highest BCUT2D eigenvalue weighted by Gasteiger charge is 2.32. The van der Waals surface area contributed by atoms with Crippen LogP contribution in [0.5, 0.6) is 0 Å². The van der Waals surface area contributed by atoms with Crippen molar-refractivity contribution in [2.45, 2.75) is 25.7 Å². The first-order chi connectivity index (χ1) is 6.91. The quantitative estimate of drug-likeness (QED) is 0.618. The highest BCUT2D eigenvalue weighted by Crippen LogP contribution is 2.22. The van der Waals surface area contributed by atoms with Crippen LogP contribution in [0.2, 0.25) is 0 Å². The van der Waals surface area contributed by atoms with Crippen LogP contribution in [-0.4, -0.2) is 48.9 Å². The molecular weight excluding hydrogens is 199 g/mol. The van der Waals surface area contributed by atoms with Crippen LogP contribution in [0.3, 0.4) is 0 Å². The van der Waals surface area contributed by atoms with E-state index in [1.165, 1.54) is 0 Å². The first-order valence-electron chi connectivity index (χ1n) is 4.84. The summed E-state index contributed by atoms with van der Waals surface area (Å²) in [4.78, 5) is 0. The Morgan fingerprint density at radius 2 is 2.27 bits per heavy atom. The minimum Gasteiger partial charge on any atom is -0.423 e. The SMILES string of the molecule is C=C(COCC1COC(C)(C)O1)B(O)O. The Bertz CT molecular complexity index is 229. The van der Waals surface area contributed by atoms with E-state index >= 15 is 0 Å². The molecule has 0 bridgehead atoms. The summed E-state index contributed by atoms with van der Waals surface area (Å²) in [5.41, 5.74) is 0.230. The van der Waals surface area contributed by atoms with Crippen molar-refractivity contribution in [1.29, 1.82) is 0 Å². The molecule has 1 rings (SSSR count). The Morgan fingerprint density at radius 1 is 1.60 bits per heavy atom. The molecule has 0 aromatic rings. The fourth-order valence-electron chi connectivity index (χ4n) is 1.24. The second-order valence-electron chi connectivity index (χ2n) is 4.00. The largest absolute Gasteiger partial charge is 0.485 e. The van der Waals surface area contributed by atoms with Gasteiger partial charge in [0.25, 0.3) is 0 Å². The summed E-state index contributed by atoms with van der Waals surface area (Å²) in [5.74, 6) is -0.554. The van der Waals surface area contributed by atoms with Gasteiger partial charge >= 0.3 is 7.12 Å². The van der Waals surface area contributed by atoms with Gasteiger partial charge in [-0.05, 0) is 19.3 Å². The standard InChI is InChI=1S/C9H17BO5/c1-7(10(11)12)4-13-5-8-6-14-9(2,3)15-8/h8,11-12H,1,4-6H2,2-3H3. The van der Waals surface area contributed by atoms with Crippen molar-refractivity contribution < 1.29 is 24.3 Å². The first kappa shape index (κ1) is 12.7.